The lowest BCUT2D eigenvalue weighted by Gasteiger charge is -2.08. The summed E-state index contributed by atoms with van der Waals surface area (Å²) >= 11 is 0. The fourth-order valence-corrected chi connectivity index (χ4v) is 3.99. The van der Waals surface area contributed by atoms with Crippen molar-refractivity contribution < 1.29 is 9.59 Å². The largest absolute Gasteiger partial charge is 0.303 e. The molecule has 0 unspecified atom stereocenters. The lowest BCUT2D eigenvalue weighted by Crippen LogP contribution is -2.19. The zero-order chi connectivity index (χ0) is 25.1. The first-order chi connectivity index (χ1) is 17.5. The van der Waals surface area contributed by atoms with Crippen molar-refractivity contribution in [1.82, 2.24) is 25.4 Å². The Morgan fingerprint density at radius 3 is 1.44 bits per heavy atom. The summed E-state index contributed by atoms with van der Waals surface area (Å²) < 4.78 is 0. The number of aromatic nitrogens is 5. The Kier molecular flexibility index (Phi) is 6.10. The van der Waals surface area contributed by atoms with Gasteiger partial charge in [-0.25, -0.2) is 4.98 Å². The number of H-pyrrole nitrogens is 2. The minimum absolute atomic E-state index is 0.0869. The smallest absolute Gasteiger partial charge is 0.275 e. The van der Waals surface area contributed by atoms with Crippen LogP contribution in [0.2, 0.25) is 0 Å². The van der Waals surface area contributed by atoms with E-state index < -0.39 is 11.8 Å². The Balaban J connectivity index is 1.36. The van der Waals surface area contributed by atoms with Crippen LogP contribution >= 0.6 is 0 Å². The van der Waals surface area contributed by atoms with Gasteiger partial charge in [0.15, 0.2) is 11.6 Å². The van der Waals surface area contributed by atoms with Gasteiger partial charge in [0.05, 0.1) is 0 Å². The molecule has 2 amide bonds. The van der Waals surface area contributed by atoms with Crippen molar-refractivity contribution in [3.05, 3.63) is 102 Å². The molecular formula is C27H23N7O2. The molecule has 0 saturated carbocycles. The van der Waals surface area contributed by atoms with Gasteiger partial charge in [-0.2, -0.15) is 10.2 Å². The second-order valence-corrected chi connectivity index (χ2v) is 8.19. The summed E-state index contributed by atoms with van der Waals surface area (Å²) in [5.41, 5.74) is 5.24. The van der Waals surface area contributed by atoms with Crippen molar-refractivity contribution in [2.75, 3.05) is 10.6 Å². The van der Waals surface area contributed by atoms with Crippen molar-refractivity contribution in [2.24, 2.45) is 0 Å². The van der Waals surface area contributed by atoms with Crippen molar-refractivity contribution in [1.29, 1.82) is 0 Å². The molecule has 0 aliphatic carbocycles. The molecule has 0 bridgehead atoms. The van der Waals surface area contributed by atoms with Gasteiger partial charge in [0.1, 0.15) is 11.4 Å². The zero-order valence-electron chi connectivity index (χ0n) is 19.7. The summed E-state index contributed by atoms with van der Waals surface area (Å²) in [6, 6.07) is 24.0. The van der Waals surface area contributed by atoms with Gasteiger partial charge in [-0.05, 0) is 37.1 Å². The van der Waals surface area contributed by atoms with Crippen LogP contribution in [0, 0.1) is 13.8 Å². The van der Waals surface area contributed by atoms with E-state index in [-0.39, 0.29) is 11.4 Å². The Hall–Kier alpha value is -5.05. The van der Waals surface area contributed by atoms with Gasteiger partial charge >= 0.3 is 0 Å². The maximum absolute atomic E-state index is 13.0. The Bertz CT molecular complexity index is 1430. The number of nitrogens with zero attached hydrogens (tertiary/aromatic N) is 3. The van der Waals surface area contributed by atoms with E-state index in [9.17, 15) is 9.59 Å². The van der Waals surface area contributed by atoms with Crippen molar-refractivity contribution in [2.45, 2.75) is 13.8 Å². The topological polar surface area (TPSA) is 128 Å². The number of hydrogen-bond acceptors (Lipinski definition) is 5. The van der Waals surface area contributed by atoms with Crippen LogP contribution in [-0.2, 0) is 0 Å². The number of rotatable bonds is 6. The molecule has 0 aliphatic rings. The highest BCUT2D eigenvalue weighted by atomic mass is 16.2. The molecule has 0 aliphatic heterocycles. The maximum Gasteiger partial charge on any atom is 0.275 e. The molecule has 5 rings (SSSR count). The molecule has 178 valence electrons. The second-order valence-electron chi connectivity index (χ2n) is 8.19. The maximum atomic E-state index is 13.0. The van der Waals surface area contributed by atoms with E-state index in [1.807, 2.05) is 74.5 Å². The number of nitrogens with one attached hydrogen (secondary N) is 4. The van der Waals surface area contributed by atoms with E-state index in [4.69, 9.17) is 0 Å². The lowest BCUT2D eigenvalue weighted by molar-refractivity contribution is 0.101. The fraction of sp³-hybridized carbons (Fsp3) is 0.0741. The minimum atomic E-state index is -0.478. The quantitative estimate of drug-likeness (QED) is 0.274. The third kappa shape index (κ3) is 4.49. The van der Waals surface area contributed by atoms with Gasteiger partial charge in [-0.15, -0.1) is 0 Å². The van der Waals surface area contributed by atoms with Crippen molar-refractivity contribution in [3.63, 3.8) is 0 Å². The zero-order valence-corrected chi connectivity index (χ0v) is 19.7. The first kappa shape index (κ1) is 22.7. The highest BCUT2D eigenvalue weighted by Crippen LogP contribution is 2.30. The van der Waals surface area contributed by atoms with Gasteiger partial charge in [0.2, 0.25) is 0 Å². The number of carbonyl (C=O) groups is 2. The second kappa shape index (κ2) is 9.67. The monoisotopic (exact) mass is 477 g/mol. The summed E-state index contributed by atoms with van der Waals surface area (Å²) in [5, 5.41) is 19.9. The summed E-state index contributed by atoms with van der Waals surface area (Å²) in [6.07, 6.45) is 0. The minimum Gasteiger partial charge on any atom is -0.303 e. The summed E-state index contributed by atoms with van der Waals surface area (Å²) in [4.78, 5) is 30.3. The lowest BCUT2D eigenvalue weighted by atomic mass is 10.1. The molecular weight excluding hydrogens is 454 g/mol. The van der Waals surface area contributed by atoms with Gasteiger partial charge in [-0.1, -0.05) is 66.7 Å². The summed E-state index contributed by atoms with van der Waals surface area (Å²) in [7, 11) is 0. The van der Waals surface area contributed by atoms with Crippen LogP contribution in [0.25, 0.3) is 22.3 Å². The third-order valence-electron chi connectivity index (χ3n) is 5.70. The average molecular weight is 478 g/mol. The molecule has 36 heavy (non-hydrogen) atoms. The average Bonchev–Trinajstić information content (AvgIpc) is 3.46. The number of carbonyl (C=O) groups excluding carboxylic acids is 2. The molecule has 0 radical (unpaired) electrons. The predicted octanol–water partition coefficient (Wildman–Crippen LogP) is 4.98. The SMILES string of the molecule is Cc1[nH]nc(NC(=O)c2cccc(C(=O)Nc3n[nH]c(C)c3-c3ccccc3)n2)c1-c1ccccc1. The molecule has 0 spiro atoms. The molecule has 0 fully saturated rings. The predicted molar refractivity (Wildman–Crippen MR) is 138 cm³/mol. The van der Waals surface area contributed by atoms with Gasteiger partial charge in [-0.3, -0.25) is 19.8 Å². The van der Waals surface area contributed by atoms with Gasteiger partial charge < -0.3 is 10.6 Å². The Morgan fingerprint density at radius 1 is 0.611 bits per heavy atom. The van der Waals surface area contributed by atoms with Crippen LogP contribution in [0.4, 0.5) is 11.6 Å². The normalized spacial score (nSPS) is 10.7. The molecule has 2 aromatic carbocycles. The highest BCUT2D eigenvalue weighted by molar-refractivity contribution is 6.07. The van der Waals surface area contributed by atoms with E-state index in [1.165, 1.54) is 0 Å². The first-order valence-electron chi connectivity index (χ1n) is 11.3. The molecule has 3 heterocycles. The number of benzene rings is 2. The van der Waals surface area contributed by atoms with Crippen molar-refractivity contribution >= 4 is 23.5 Å². The molecule has 3 aromatic heterocycles. The molecule has 5 aromatic rings. The first-order valence-corrected chi connectivity index (χ1v) is 11.3. The van der Waals surface area contributed by atoms with E-state index in [0.29, 0.717) is 11.6 Å². The molecule has 0 atom stereocenters. The van der Waals surface area contributed by atoms with E-state index in [1.54, 1.807) is 18.2 Å². The van der Waals surface area contributed by atoms with E-state index >= 15 is 0 Å². The Labute approximate surface area is 207 Å². The van der Waals surface area contributed by atoms with Crippen molar-refractivity contribution in [3.8, 4) is 22.3 Å². The standard InChI is InChI=1S/C27H23N7O2/c1-16-22(18-10-5-3-6-11-18)24(33-31-16)29-26(35)20-14-9-15-21(28-20)27(36)30-25-23(17(2)32-34-25)19-12-7-4-8-13-19/h3-15H,1-2H3,(H2,29,31,33,35)(H2,30,32,34,36). The van der Waals surface area contributed by atoms with E-state index in [2.05, 4.69) is 36.0 Å². The van der Waals surface area contributed by atoms with Crippen LogP contribution in [-0.4, -0.2) is 37.2 Å². The van der Waals surface area contributed by atoms with Crippen LogP contribution in [0.15, 0.2) is 78.9 Å². The van der Waals surface area contributed by atoms with E-state index in [0.717, 1.165) is 33.6 Å². The highest BCUT2D eigenvalue weighted by Gasteiger charge is 2.20. The van der Waals surface area contributed by atoms with Crippen LogP contribution in [0.1, 0.15) is 32.4 Å². The van der Waals surface area contributed by atoms with Crippen LogP contribution < -0.4 is 10.6 Å². The number of amides is 2. The number of hydrogen-bond donors (Lipinski definition) is 4. The molecule has 9 nitrogen and oxygen atoms in total. The number of aryl methyl sites for hydroxylation is 2. The number of pyridine rings is 1. The fourth-order valence-electron chi connectivity index (χ4n) is 3.99. The number of aromatic amines is 2. The molecule has 4 N–H and O–H groups in total. The third-order valence-corrected chi connectivity index (χ3v) is 5.70. The van der Waals surface area contributed by atoms with Crippen LogP contribution in [0.3, 0.4) is 0 Å². The molecule has 0 saturated heterocycles. The number of anilines is 2. The molecule has 9 heteroatoms. The van der Waals surface area contributed by atoms with Gasteiger partial charge in [0.25, 0.3) is 11.8 Å². The van der Waals surface area contributed by atoms with Crippen LogP contribution in [0.5, 0.6) is 0 Å². The summed E-state index contributed by atoms with van der Waals surface area (Å²) in [6.45, 7) is 3.77. The van der Waals surface area contributed by atoms with Gasteiger partial charge in [0, 0.05) is 22.5 Å². The Morgan fingerprint density at radius 2 is 1.03 bits per heavy atom. The summed E-state index contributed by atoms with van der Waals surface area (Å²) in [5.74, 6) is -0.178.